The molecule has 0 radical (unpaired) electrons. The van der Waals surface area contributed by atoms with E-state index in [1.165, 1.54) is 0 Å². The van der Waals surface area contributed by atoms with Crippen LogP contribution < -0.4 is 0 Å². The van der Waals surface area contributed by atoms with Crippen LogP contribution in [-0.4, -0.2) is 39.2 Å². The Hall–Kier alpha value is -3.48. The van der Waals surface area contributed by atoms with Gasteiger partial charge in [-0.2, -0.15) is 4.98 Å². The number of hydrogen-bond donors (Lipinski definition) is 0. The number of benzene rings is 2. The minimum Gasteiger partial charge on any atom is -0.356 e. The first kappa shape index (κ1) is 19.5. The normalized spacial score (nSPS) is 16.7. The molecule has 1 amide bonds. The second-order valence-electron chi connectivity index (χ2n) is 8.18. The van der Waals surface area contributed by atoms with Crippen molar-refractivity contribution < 1.29 is 13.8 Å². The molecule has 7 nitrogen and oxygen atoms in total. The number of para-hydroxylation sites is 1. The van der Waals surface area contributed by atoms with Crippen molar-refractivity contribution in [3.63, 3.8) is 0 Å². The number of piperidine rings is 1. The Kier molecular flexibility index (Phi) is 5.24. The van der Waals surface area contributed by atoms with E-state index < -0.39 is 0 Å². The number of likely N-dealkylation sites (tertiary alicyclic amines) is 1. The van der Waals surface area contributed by atoms with E-state index in [0.29, 0.717) is 41.9 Å². The molecule has 1 atom stereocenters. The van der Waals surface area contributed by atoms with Crippen LogP contribution in [0.3, 0.4) is 0 Å². The Morgan fingerprint density at radius 1 is 1.10 bits per heavy atom. The molecule has 1 fully saturated rings. The molecule has 158 valence electrons. The fourth-order valence-electron chi connectivity index (χ4n) is 4.30. The standard InChI is InChI=1S/C24H24N4O3/c1-16-7-2-3-9-18(16)24-25-22(31-27-24)13-17-8-6-12-28(15-17)23(29)14-20-19-10-4-5-11-21(19)30-26-20/h2-5,7,9-11,17H,6,8,12-15H2,1H3. The topological polar surface area (TPSA) is 85.3 Å². The van der Waals surface area contributed by atoms with Gasteiger partial charge in [0.05, 0.1) is 6.42 Å². The summed E-state index contributed by atoms with van der Waals surface area (Å²) >= 11 is 0. The van der Waals surface area contributed by atoms with E-state index in [1.54, 1.807) is 0 Å². The van der Waals surface area contributed by atoms with E-state index in [1.807, 2.05) is 60.4 Å². The lowest BCUT2D eigenvalue weighted by molar-refractivity contribution is -0.132. The van der Waals surface area contributed by atoms with Crippen molar-refractivity contribution in [3.05, 3.63) is 65.7 Å². The average molecular weight is 416 g/mol. The number of nitrogens with zero attached hydrogens (tertiary/aromatic N) is 4. The van der Waals surface area contributed by atoms with Gasteiger partial charge in [0.1, 0.15) is 5.69 Å². The summed E-state index contributed by atoms with van der Waals surface area (Å²) in [6.45, 7) is 3.49. The molecule has 31 heavy (non-hydrogen) atoms. The molecule has 1 saturated heterocycles. The second-order valence-corrected chi connectivity index (χ2v) is 8.18. The fourth-order valence-corrected chi connectivity index (χ4v) is 4.30. The van der Waals surface area contributed by atoms with Crippen molar-refractivity contribution in [1.29, 1.82) is 0 Å². The average Bonchev–Trinajstić information content (AvgIpc) is 3.42. The summed E-state index contributed by atoms with van der Waals surface area (Å²) in [6, 6.07) is 15.6. The maximum Gasteiger partial charge on any atom is 0.228 e. The Bertz CT molecular complexity index is 1210. The van der Waals surface area contributed by atoms with Crippen LogP contribution in [0.4, 0.5) is 0 Å². The molecule has 0 N–H and O–H groups in total. The molecule has 2 aromatic heterocycles. The van der Waals surface area contributed by atoms with Crippen molar-refractivity contribution in [2.45, 2.75) is 32.6 Å². The minimum absolute atomic E-state index is 0.0786. The molecule has 3 heterocycles. The van der Waals surface area contributed by atoms with E-state index in [-0.39, 0.29) is 12.3 Å². The van der Waals surface area contributed by atoms with Crippen molar-refractivity contribution in [2.75, 3.05) is 13.1 Å². The smallest absolute Gasteiger partial charge is 0.228 e. The number of hydrogen-bond acceptors (Lipinski definition) is 6. The third kappa shape index (κ3) is 4.08. The molecule has 4 aromatic rings. The highest BCUT2D eigenvalue weighted by Crippen LogP contribution is 2.25. The summed E-state index contributed by atoms with van der Waals surface area (Å²) in [6.07, 6.45) is 2.94. The lowest BCUT2D eigenvalue weighted by atomic mass is 9.94. The predicted molar refractivity (Wildman–Crippen MR) is 115 cm³/mol. The summed E-state index contributed by atoms with van der Waals surface area (Å²) < 4.78 is 10.9. The molecular weight excluding hydrogens is 392 g/mol. The molecule has 0 bridgehead atoms. The Morgan fingerprint density at radius 3 is 2.84 bits per heavy atom. The number of carbonyl (C=O) groups is 1. The second kappa shape index (κ2) is 8.34. The first-order valence-electron chi connectivity index (χ1n) is 10.7. The van der Waals surface area contributed by atoms with Crippen molar-refractivity contribution in [1.82, 2.24) is 20.2 Å². The van der Waals surface area contributed by atoms with Crippen LogP contribution in [0.15, 0.2) is 57.6 Å². The maximum atomic E-state index is 12.9. The number of aromatic nitrogens is 3. The van der Waals surface area contributed by atoms with Gasteiger partial charge in [-0.05, 0) is 43.4 Å². The molecule has 1 aliphatic heterocycles. The van der Waals surface area contributed by atoms with Crippen LogP contribution >= 0.6 is 0 Å². The highest BCUT2D eigenvalue weighted by atomic mass is 16.5. The molecule has 1 aliphatic rings. The lowest BCUT2D eigenvalue weighted by Gasteiger charge is -2.32. The lowest BCUT2D eigenvalue weighted by Crippen LogP contribution is -2.41. The van der Waals surface area contributed by atoms with E-state index in [2.05, 4.69) is 15.3 Å². The van der Waals surface area contributed by atoms with Gasteiger partial charge in [-0.3, -0.25) is 4.79 Å². The van der Waals surface area contributed by atoms with Crippen molar-refractivity contribution in [3.8, 4) is 11.4 Å². The predicted octanol–water partition coefficient (Wildman–Crippen LogP) is 4.21. The molecule has 0 saturated carbocycles. The van der Waals surface area contributed by atoms with Gasteiger partial charge in [0.25, 0.3) is 0 Å². The number of amides is 1. The zero-order valence-electron chi connectivity index (χ0n) is 17.5. The summed E-state index contributed by atoms with van der Waals surface area (Å²) in [5, 5.41) is 9.16. The summed E-state index contributed by atoms with van der Waals surface area (Å²) in [5.74, 6) is 1.63. The zero-order chi connectivity index (χ0) is 21.2. The SMILES string of the molecule is Cc1ccccc1-c1noc(CC2CCCN(C(=O)Cc3noc4ccccc34)C2)n1. The molecule has 1 unspecified atom stereocenters. The van der Waals surface area contributed by atoms with Gasteiger partial charge in [-0.25, -0.2) is 0 Å². The number of aryl methyl sites for hydroxylation is 1. The van der Waals surface area contributed by atoms with Gasteiger partial charge in [-0.15, -0.1) is 0 Å². The highest BCUT2D eigenvalue weighted by Gasteiger charge is 2.26. The quantitative estimate of drug-likeness (QED) is 0.484. The van der Waals surface area contributed by atoms with E-state index in [4.69, 9.17) is 9.05 Å². The molecule has 7 heteroatoms. The van der Waals surface area contributed by atoms with Gasteiger partial charge in [0, 0.05) is 30.5 Å². The highest BCUT2D eigenvalue weighted by molar-refractivity contribution is 5.86. The third-order valence-electron chi connectivity index (χ3n) is 5.96. The van der Waals surface area contributed by atoms with Crippen molar-refractivity contribution in [2.24, 2.45) is 5.92 Å². The van der Waals surface area contributed by atoms with Crippen LogP contribution in [0.2, 0.25) is 0 Å². The summed E-state index contributed by atoms with van der Waals surface area (Å²) in [7, 11) is 0. The van der Waals surface area contributed by atoms with E-state index in [0.717, 1.165) is 35.9 Å². The Labute approximate surface area is 180 Å². The number of rotatable bonds is 5. The molecular formula is C24H24N4O3. The molecule has 5 rings (SSSR count). The largest absolute Gasteiger partial charge is 0.356 e. The first-order chi connectivity index (χ1) is 15.2. The van der Waals surface area contributed by atoms with E-state index in [9.17, 15) is 4.79 Å². The van der Waals surface area contributed by atoms with Gasteiger partial charge >= 0.3 is 0 Å². The van der Waals surface area contributed by atoms with Gasteiger partial charge < -0.3 is 13.9 Å². The maximum absolute atomic E-state index is 12.9. The van der Waals surface area contributed by atoms with E-state index >= 15 is 0 Å². The third-order valence-corrected chi connectivity index (χ3v) is 5.96. The number of fused-ring (bicyclic) bond motifs is 1. The Balaban J connectivity index is 1.23. The van der Waals surface area contributed by atoms with Crippen molar-refractivity contribution >= 4 is 16.9 Å². The zero-order valence-corrected chi connectivity index (χ0v) is 17.5. The van der Waals surface area contributed by atoms with Crippen LogP contribution in [0.25, 0.3) is 22.4 Å². The van der Waals surface area contributed by atoms with Crippen LogP contribution in [-0.2, 0) is 17.6 Å². The van der Waals surface area contributed by atoms with Crippen LogP contribution in [0.5, 0.6) is 0 Å². The molecule has 2 aromatic carbocycles. The molecule has 0 aliphatic carbocycles. The minimum atomic E-state index is 0.0786. The number of carbonyl (C=O) groups excluding carboxylic acids is 1. The van der Waals surface area contributed by atoms with Gasteiger partial charge in [0.15, 0.2) is 5.58 Å². The van der Waals surface area contributed by atoms with Gasteiger partial charge in [0.2, 0.25) is 17.6 Å². The van der Waals surface area contributed by atoms with Gasteiger partial charge in [-0.1, -0.05) is 46.7 Å². The Morgan fingerprint density at radius 2 is 1.94 bits per heavy atom. The monoisotopic (exact) mass is 416 g/mol. The summed E-state index contributed by atoms with van der Waals surface area (Å²) in [5.41, 5.74) is 3.51. The fraction of sp³-hybridized carbons (Fsp3) is 0.333. The first-order valence-corrected chi connectivity index (χ1v) is 10.7. The molecule has 0 spiro atoms. The van der Waals surface area contributed by atoms with Crippen LogP contribution in [0.1, 0.15) is 30.0 Å². The van der Waals surface area contributed by atoms with Crippen LogP contribution in [0, 0.1) is 12.8 Å². The summed E-state index contributed by atoms with van der Waals surface area (Å²) in [4.78, 5) is 19.5.